The van der Waals surface area contributed by atoms with Gasteiger partial charge in [-0.3, -0.25) is 0 Å². The molecule has 0 aliphatic rings. The number of carbonyl (C=O) groups excluding carboxylic acids is 1. The van der Waals surface area contributed by atoms with E-state index in [1.54, 1.807) is 6.07 Å². The molecule has 14 heteroatoms. The van der Waals surface area contributed by atoms with E-state index in [2.05, 4.69) is 0 Å². The monoisotopic (exact) mass is 562 g/mol. The Morgan fingerprint density at radius 2 is 1.11 bits per heavy atom. The van der Waals surface area contributed by atoms with Gasteiger partial charge in [0.2, 0.25) is 0 Å². The van der Waals surface area contributed by atoms with Crippen LogP contribution in [-0.2, 0) is 31.9 Å². The lowest BCUT2D eigenvalue weighted by molar-refractivity contribution is -0.436. The number of ether oxygens (including phenoxy) is 2. The molecule has 4 nitrogen and oxygen atoms in total. The van der Waals surface area contributed by atoms with Crippen molar-refractivity contribution in [2.75, 3.05) is 0 Å². The zero-order valence-electron chi connectivity index (χ0n) is 19.7. The highest BCUT2D eigenvalue weighted by Gasteiger charge is 2.88. The molecule has 2 aromatic carbocycles. The lowest BCUT2D eigenvalue weighted by Crippen LogP contribution is -2.73. The Kier molecular flexibility index (Phi) is 8.82. The van der Waals surface area contributed by atoms with Gasteiger partial charge in [-0.2, -0.15) is 39.5 Å². The van der Waals surface area contributed by atoms with E-state index < -0.39 is 57.2 Å². The van der Waals surface area contributed by atoms with Gasteiger partial charge in [0, 0.05) is 0 Å². The van der Waals surface area contributed by atoms with Gasteiger partial charge in [0.05, 0.1) is 6.61 Å². The summed E-state index contributed by atoms with van der Waals surface area (Å²) in [6.45, 7) is 1.38. The van der Waals surface area contributed by atoms with E-state index in [0.717, 1.165) is 19.6 Å². The minimum atomic E-state index is -7.28. The molecule has 0 aliphatic carbocycles. The van der Waals surface area contributed by atoms with Crippen molar-refractivity contribution in [1.29, 1.82) is 0 Å². The summed E-state index contributed by atoms with van der Waals surface area (Å²) in [4.78, 5) is 13.0. The Morgan fingerprint density at radius 3 is 1.51 bits per heavy atom. The van der Waals surface area contributed by atoms with Crippen LogP contribution in [-0.4, -0.2) is 44.0 Å². The number of rotatable bonds is 11. The number of benzene rings is 2. The third-order valence-corrected chi connectivity index (χ3v) is 5.67. The van der Waals surface area contributed by atoms with Crippen LogP contribution in [0.1, 0.15) is 11.1 Å². The maximum Gasteiger partial charge on any atom is 0.460 e. The van der Waals surface area contributed by atoms with E-state index in [1.807, 2.05) is 0 Å². The van der Waals surface area contributed by atoms with E-state index in [0.29, 0.717) is 0 Å². The fraction of sp³-hybridized carbons (Fsp3) is 0.435. The van der Waals surface area contributed by atoms with Crippen molar-refractivity contribution in [2.45, 2.75) is 62.6 Å². The Labute approximate surface area is 207 Å². The van der Waals surface area contributed by atoms with Gasteiger partial charge in [-0.1, -0.05) is 60.7 Å². The predicted octanol–water partition coefficient (Wildman–Crippen LogP) is 6.96. The Balaban J connectivity index is 2.69. The van der Waals surface area contributed by atoms with Crippen molar-refractivity contribution in [3.8, 4) is 0 Å². The predicted molar refractivity (Wildman–Crippen MR) is 116 cm³/mol. The second-order valence-corrected chi connectivity index (χ2v) is 13.3. The van der Waals surface area contributed by atoms with Crippen molar-refractivity contribution < 1.29 is 58.2 Å². The summed E-state index contributed by atoms with van der Waals surface area (Å²) >= 11 is 0. The van der Waals surface area contributed by atoms with Crippen molar-refractivity contribution in [3.05, 3.63) is 71.8 Å². The van der Waals surface area contributed by atoms with E-state index >= 15 is 8.78 Å². The smallest absolute Gasteiger partial charge is 0.457 e. The van der Waals surface area contributed by atoms with Crippen LogP contribution in [0, 0.1) is 0 Å². The van der Waals surface area contributed by atoms with Crippen LogP contribution in [0.5, 0.6) is 0 Å². The van der Waals surface area contributed by atoms with Crippen molar-refractivity contribution >= 4 is 14.3 Å². The van der Waals surface area contributed by atoms with Crippen LogP contribution < -0.4 is 0 Å². The molecule has 0 radical (unpaired) electrons. The molecule has 0 spiro atoms. The Bertz CT molecular complexity index is 1040. The zero-order valence-corrected chi connectivity index (χ0v) is 20.7. The molecule has 0 heterocycles. The van der Waals surface area contributed by atoms with E-state index in [4.69, 9.17) is 13.9 Å². The lowest BCUT2D eigenvalue weighted by Gasteiger charge is -2.45. The first kappa shape index (κ1) is 30.6. The zero-order chi connectivity index (χ0) is 28.3. The lowest BCUT2D eigenvalue weighted by atomic mass is 9.95. The van der Waals surface area contributed by atoms with Crippen molar-refractivity contribution in [1.82, 2.24) is 0 Å². The number of hydrogen-bond acceptors (Lipinski definition) is 4. The summed E-state index contributed by atoms with van der Waals surface area (Å²) in [7, 11) is -3.66. The molecule has 37 heavy (non-hydrogen) atoms. The largest absolute Gasteiger partial charge is 0.460 e. The van der Waals surface area contributed by atoms with Crippen molar-refractivity contribution in [3.63, 3.8) is 0 Å². The number of halogens is 9. The molecule has 0 aliphatic heterocycles. The average Bonchev–Trinajstić information content (AvgIpc) is 2.79. The summed E-state index contributed by atoms with van der Waals surface area (Å²) in [5.74, 6) is -28.2. The summed E-state index contributed by atoms with van der Waals surface area (Å²) in [5, 5.41) is 0. The molecule has 0 saturated carbocycles. The maximum absolute atomic E-state index is 15.5. The number of alkyl halides is 9. The number of carbonyl (C=O) groups is 1. The fourth-order valence-corrected chi connectivity index (χ4v) is 4.14. The molecular formula is C23H23F9O4Si. The molecule has 0 bridgehead atoms. The van der Waals surface area contributed by atoms with Crippen LogP contribution in [0.3, 0.4) is 0 Å². The fourth-order valence-electron chi connectivity index (χ4n) is 3.00. The van der Waals surface area contributed by atoms with E-state index in [-0.39, 0.29) is 11.1 Å². The first-order chi connectivity index (χ1) is 16.8. The van der Waals surface area contributed by atoms with Crippen LogP contribution in [0.25, 0.3) is 0 Å². The van der Waals surface area contributed by atoms with Crippen LogP contribution in [0.2, 0.25) is 19.6 Å². The minimum absolute atomic E-state index is 0.0105. The first-order valence-corrected chi connectivity index (χ1v) is 14.0. The van der Waals surface area contributed by atoms with Gasteiger partial charge in [0.25, 0.3) is 0 Å². The summed E-state index contributed by atoms with van der Waals surface area (Å²) in [6, 6.07) is 13.9. The minimum Gasteiger partial charge on any atom is -0.457 e. The maximum atomic E-state index is 15.5. The van der Waals surface area contributed by atoms with E-state index in [9.17, 15) is 35.5 Å². The van der Waals surface area contributed by atoms with Crippen molar-refractivity contribution in [2.24, 2.45) is 0 Å². The number of hydrogen-bond donors (Lipinski definition) is 0. The number of esters is 1. The average molecular weight is 563 g/mol. The second-order valence-electron chi connectivity index (χ2n) is 8.89. The molecule has 0 amide bonds. The molecule has 0 aromatic heterocycles. The Morgan fingerprint density at radius 1 is 0.676 bits per heavy atom. The van der Waals surface area contributed by atoms with Gasteiger partial charge < -0.3 is 13.9 Å². The summed E-state index contributed by atoms with van der Waals surface area (Å²) in [6.07, 6.45) is -7.11. The SMILES string of the molecule is C[Si](C)(C)OC(OCc1ccccc1)(C(=O)OCc1ccccc1)C(F)(F)C(F)(F)C(F)(F)C(F)(F)F. The normalized spacial score (nSPS) is 15.2. The van der Waals surface area contributed by atoms with E-state index in [1.165, 1.54) is 54.6 Å². The van der Waals surface area contributed by atoms with Gasteiger partial charge in [0.15, 0.2) is 8.32 Å². The van der Waals surface area contributed by atoms with Gasteiger partial charge in [-0.25, -0.2) is 4.79 Å². The van der Waals surface area contributed by atoms with Gasteiger partial charge in [-0.05, 0) is 30.8 Å². The molecule has 0 N–H and O–H groups in total. The highest BCUT2D eigenvalue weighted by molar-refractivity contribution is 6.70. The van der Waals surface area contributed by atoms with Gasteiger partial charge >= 0.3 is 35.7 Å². The Hall–Kier alpha value is -2.58. The molecule has 0 saturated heterocycles. The topological polar surface area (TPSA) is 44.8 Å². The third-order valence-electron chi connectivity index (χ3n) is 4.77. The quantitative estimate of drug-likeness (QED) is 0.129. The molecule has 2 rings (SSSR count). The third kappa shape index (κ3) is 6.29. The van der Waals surface area contributed by atoms with Crippen LogP contribution >= 0.6 is 0 Å². The molecule has 206 valence electrons. The van der Waals surface area contributed by atoms with Crippen LogP contribution in [0.15, 0.2) is 60.7 Å². The molecule has 2 aromatic rings. The summed E-state index contributed by atoms with van der Waals surface area (Å²) < 4.78 is 141. The second kappa shape index (κ2) is 10.7. The molecule has 1 unspecified atom stereocenters. The highest BCUT2D eigenvalue weighted by Crippen LogP contribution is 2.57. The first-order valence-electron chi connectivity index (χ1n) is 10.6. The summed E-state index contributed by atoms with van der Waals surface area (Å²) in [5.41, 5.74) is 0.153. The highest BCUT2D eigenvalue weighted by atomic mass is 28.4. The molecule has 1 atom stereocenters. The standard InChI is InChI=1S/C23H23F9O4Si/c1-37(2,3)36-19(35-15-17-12-8-5-9-13-17,18(33)34-14-16-10-6-4-7-11-16)20(24,25)21(26,27)22(28,29)23(30,31)32/h4-13H,14-15H2,1-3H3. The van der Waals surface area contributed by atoms with Crippen LogP contribution in [0.4, 0.5) is 39.5 Å². The molecular weight excluding hydrogens is 539 g/mol. The van der Waals surface area contributed by atoms with Gasteiger partial charge in [0.1, 0.15) is 6.61 Å². The van der Waals surface area contributed by atoms with Gasteiger partial charge in [-0.15, -0.1) is 0 Å². The molecule has 0 fully saturated rings.